The first-order valence-corrected chi connectivity index (χ1v) is 7.55. The number of rotatable bonds is 6. The van der Waals surface area contributed by atoms with Crippen LogP contribution in [0.15, 0.2) is 52.5 Å². The first-order chi connectivity index (χ1) is 9.66. The minimum Gasteiger partial charge on any atom is -0.312 e. The monoisotopic (exact) mass is 290 g/mol. The smallest absolute Gasteiger partial charge is 0.137 e. The number of nitrogens with one attached hydrogen (secondary N) is 1. The zero-order valence-electron chi connectivity index (χ0n) is 11.8. The Morgan fingerprint density at radius 2 is 2.00 bits per heavy atom. The Morgan fingerprint density at radius 3 is 2.75 bits per heavy atom. The van der Waals surface area contributed by atoms with E-state index < -0.39 is 0 Å². The summed E-state index contributed by atoms with van der Waals surface area (Å²) in [6.07, 6.45) is 1.75. The summed E-state index contributed by atoms with van der Waals surface area (Å²) in [5, 5.41) is 4.25. The van der Waals surface area contributed by atoms with Gasteiger partial charge in [-0.1, -0.05) is 43.8 Å². The Hall–Kier alpha value is -1.39. The number of pyridine rings is 1. The SMILES string of the molecule is CC(C)CNCc1cccnc1Sc1ccccc1F. The molecule has 1 heterocycles. The number of hydrogen-bond donors (Lipinski definition) is 1. The molecule has 4 heteroatoms. The molecule has 0 atom stereocenters. The summed E-state index contributed by atoms with van der Waals surface area (Å²) in [5.74, 6) is 0.401. The van der Waals surface area contributed by atoms with Crippen molar-refractivity contribution < 1.29 is 4.39 Å². The van der Waals surface area contributed by atoms with Gasteiger partial charge in [-0.2, -0.15) is 0 Å². The van der Waals surface area contributed by atoms with Crippen LogP contribution in [-0.2, 0) is 6.54 Å². The van der Waals surface area contributed by atoms with Crippen LogP contribution < -0.4 is 5.32 Å². The van der Waals surface area contributed by atoms with Gasteiger partial charge in [-0.05, 0) is 36.2 Å². The van der Waals surface area contributed by atoms with Gasteiger partial charge in [0.2, 0.25) is 0 Å². The van der Waals surface area contributed by atoms with Crippen molar-refractivity contribution in [2.45, 2.75) is 30.3 Å². The lowest BCUT2D eigenvalue weighted by molar-refractivity contribution is 0.548. The molecule has 0 saturated heterocycles. The van der Waals surface area contributed by atoms with Gasteiger partial charge in [0.15, 0.2) is 0 Å². The third-order valence-corrected chi connectivity index (χ3v) is 3.87. The molecule has 0 saturated carbocycles. The van der Waals surface area contributed by atoms with E-state index >= 15 is 0 Å². The molecule has 0 unspecified atom stereocenters. The maximum Gasteiger partial charge on any atom is 0.137 e. The summed E-state index contributed by atoms with van der Waals surface area (Å²) >= 11 is 1.37. The van der Waals surface area contributed by atoms with Crippen molar-refractivity contribution in [2.75, 3.05) is 6.54 Å². The quantitative estimate of drug-likeness (QED) is 0.866. The van der Waals surface area contributed by atoms with Crippen molar-refractivity contribution in [3.05, 3.63) is 54.0 Å². The Balaban J connectivity index is 2.10. The highest BCUT2D eigenvalue weighted by Gasteiger charge is 2.08. The molecule has 0 fully saturated rings. The molecular weight excluding hydrogens is 271 g/mol. The van der Waals surface area contributed by atoms with E-state index in [1.165, 1.54) is 17.8 Å². The Labute approximate surface area is 123 Å². The predicted molar refractivity (Wildman–Crippen MR) is 81.3 cm³/mol. The molecule has 2 rings (SSSR count). The van der Waals surface area contributed by atoms with Crippen LogP contribution in [0.1, 0.15) is 19.4 Å². The fourth-order valence-electron chi connectivity index (χ4n) is 1.78. The number of benzene rings is 1. The molecular formula is C16H19FN2S. The standard InChI is InChI=1S/C16H19FN2S/c1-12(2)10-18-11-13-6-5-9-19-16(13)20-15-8-4-3-7-14(15)17/h3-9,12,18H,10-11H2,1-2H3. The van der Waals surface area contributed by atoms with Gasteiger partial charge in [-0.15, -0.1) is 0 Å². The summed E-state index contributed by atoms with van der Waals surface area (Å²) in [7, 11) is 0. The fraction of sp³-hybridized carbons (Fsp3) is 0.312. The molecule has 0 aliphatic rings. The number of halogens is 1. The van der Waals surface area contributed by atoms with Gasteiger partial charge < -0.3 is 5.32 Å². The van der Waals surface area contributed by atoms with Crippen molar-refractivity contribution in [3.63, 3.8) is 0 Å². The molecule has 1 N–H and O–H groups in total. The summed E-state index contributed by atoms with van der Waals surface area (Å²) in [5.41, 5.74) is 1.10. The second-order valence-electron chi connectivity index (χ2n) is 5.02. The van der Waals surface area contributed by atoms with Crippen LogP contribution in [0.4, 0.5) is 4.39 Å². The van der Waals surface area contributed by atoms with Crippen LogP contribution in [0, 0.1) is 11.7 Å². The first-order valence-electron chi connectivity index (χ1n) is 6.74. The average molecular weight is 290 g/mol. The highest BCUT2D eigenvalue weighted by molar-refractivity contribution is 7.99. The van der Waals surface area contributed by atoms with E-state index in [0.717, 1.165) is 23.7 Å². The maximum atomic E-state index is 13.7. The van der Waals surface area contributed by atoms with Gasteiger partial charge in [0.25, 0.3) is 0 Å². The second kappa shape index (κ2) is 7.41. The molecule has 2 aromatic rings. The molecule has 20 heavy (non-hydrogen) atoms. The first kappa shape index (κ1) is 15.0. The third-order valence-electron chi connectivity index (χ3n) is 2.76. The lowest BCUT2D eigenvalue weighted by Gasteiger charge is -2.11. The lowest BCUT2D eigenvalue weighted by atomic mass is 10.2. The summed E-state index contributed by atoms with van der Waals surface area (Å²) in [6, 6.07) is 10.7. The third kappa shape index (κ3) is 4.32. The zero-order chi connectivity index (χ0) is 14.4. The molecule has 2 nitrogen and oxygen atoms in total. The van der Waals surface area contributed by atoms with Crippen molar-refractivity contribution in [1.29, 1.82) is 0 Å². The molecule has 0 bridgehead atoms. The largest absolute Gasteiger partial charge is 0.312 e. The molecule has 0 aliphatic heterocycles. The molecule has 0 radical (unpaired) electrons. The van der Waals surface area contributed by atoms with Gasteiger partial charge in [0.05, 0.1) is 0 Å². The van der Waals surface area contributed by atoms with Crippen molar-refractivity contribution in [1.82, 2.24) is 10.3 Å². The minimum absolute atomic E-state index is 0.204. The van der Waals surface area contributed by atoms with Crippen molar-refractivity contribution >= 4 is 11.8 Å². The Morgan fingerprint density at radius 1 is 1.20 bits per heavy atom. The van der Waals surface area contributed by atoms with Crippen LogP contribution >= 0.6 is 11.8 Å². The highest BCUT2D eigenvalue weighted by Crippen LogP contribution is 2.30. The molecule has 0 spiro atoms. The normalized spacial score (nSPS) is 11.0. The Kier molecular flexibility index (Phi) is 5.56. The molecule has 106 valence electrons. The molecule has 0 aliphatic carbocycles. The Bertz CT molecular complexity index is 558. The van der Waals surface area contributed by atoms with E-state index in [2.05, 4.69) is 24.1 Å². The minimum atomic E-state index is -0.204. The number of nitrogens with zero attached hydrogens (tertiary/aromatic N) is 1. The van der Waals surface area contributed by atoms with E-state index in [1.54, 1.807) is 18.3 Å². The predicted octanol–water partition coefficient (Wildman–Crippen LogP) is 4.12. The van der Waals surface area contributed by atoms with Crippen LogP contribution in [0.5, 0.6) is 0 Å². The number of hydrogen-bond acceptors (Lipinski definition) is 3. The molecule has 1 aromatic heterocycles. The summed E-state index contributed by atoms with van der Waals surface area (Å²) in [6.45, 7) is 6.05. The van der Waals surface area contributed by atoms with Crippen LogP contribution in [0.3, 0.4) is 0 Å². The average Bonchev–Trinajstić information content (AvgIpc) is 2.43. The van der Waals surface area contributed by atoms with E-state index in [4.69, 9.17) is 0 Å². The zero-order valence-corrected chi connectivity index (χ0v) is 12.6. The topological polar surface area (TPSA) is 24.9 Å². The highest BCUT2D eigenvalue weighted by atomic mass is 32.2. The maximum absolute atomic E-state index is 13.7. The van der Waals surface area contributed by atoms with Crippen molar-refractivity contribution in [3.8, 4) is 0 Å². The summed E-state index contributed by atoms with van der Waals surface area (Å²) in [4.78, 5) is 4.98. The summed E-state index contributed by atoms with van der Waals surface area (Å²) < 4.78 is 13.7. The van der Waals surface area contributed by atoms with Gasteiger partial charge in [-0.25, -0.2) is 9.37 Å². The van der Waals surface area contributed by atoms with Gasteiger partial charge in [0, 0.05) is 17.6 Å². The molecule has 1 aromatic carbocycles. The van der Waals surface area contributed by atoms with Gasteiger partial charge in [-0.3, -0.25) is 0 Å². The van der Waals surface area contributed by atoms with E-state index in [-0.39, 0.29) is 5.82 Å². The van der Waals surface area contributed by atoms with E-state index in [0.29, 0.717) is 10.8 Å². The van der Waals surface area contributed by atoms with E-state index in [1.807, 2.05) is 18.2 Å². The van der Waals surface area contributed by atoms with Gasteiger partial charge in [0.1, 0.15) is 10.8 Å². The van der Waals surface area contributed by atoms with Crippen LogP contribution in [0.25, 0.3) is 0 Å². The van der Waals surface area contributed by atoms with Crippen LogP contribution in [0.2, 0.25) is 0 Å². The fourth-order valence-corrected chi connectivity index (χ4v) is 2.68. The van der Waals surface area contributed by atoms with E-state index in [9.17, 15) is 4.39 Å². The van der Waals surface area contributed by atoms with Gasteiger partial charge >= 0.3 is 0 Å². The van der Waals surface area contributed by atoms with Crippen LogP contribution in [-0.4, -0.2) is 11.5 Å². The van der Waals surface area contributed by atoms with Crippen molar-refractivity contribution in [2.24, 2.45) is 5.92 Å². The second-order valence-corrected chi connectivity index (χ2v) is 6.06. The lowest BCUT2D eigenvalue weighted by Crippen LogP contribution is -2.19. The number of aromatic nitrogens is 1. The molecule has 0 amide bonds.